The van der Waals surface area contributed by atoms with Crippen LogP contribution in [0.15, 0.2) is 23.6 Å². The third-order valence-electron chi connectivity index (χ3n) is 2.64. The average molecular weight is 350 g/mol. The van der Waals surface area contributed by atoms with Gasteiger partial charge in [0.2, 0.25) is 0 Å². The summed E-state index contributed by atoms with van der Waals surface area (Å²) in [5.41, 5.74) is -0.321. The molecule has 0 aliphatic carbocycles. The molecule has 0 spiro atoms. The maximum atomic E-state index is 12.6. The van der Waals surface area contributed by atoms with E-state index in [4.69, 9.17) is 11.6 Å². The number of hydrogen-bond acceptors (Lipinski definition) is 3. The molecule has 22 heavy (non-hydrogen) atoms. The number of carbonyl (C=O) groups excluding carboxylic acids is 1. The lowest BCUT2D eigenvalue weighted by molar-refractivity contribution is -0.137. The molecule has 0 saturated carbocycles. The number of nitrogens with one attached hydrogen (secondary N) is 2. The van der Waals surface area contributed by atoms with Gasteiger partial charge in [0.15, 0.2) is 0 Å². The Morgan fingerprint density at radius 3 is 2.73 bits per heavy atom. The summed E-state index contributed by atoms with van der Waals surface area (Å²) in [6.45, 7) is 2.00. The first-order chi connectivity index (χ1) is 10.3. The number of halogens is 4. The van der Waals surface area contributed by atoms with E-state index in [1.807, 2.05) is 6.92 Å². The lowest BCUT2D eigenvalue weighted by Crippen LogP contribution is -2.28. The number of rotatable bonds is 3. The molecule has 0 bridgehead atoms. The van der Waals surface area contributed by atoms with E-state index < -0.39 is 17.8 Å². The second-order valence-corrected chi connectivity index (χ2v) is 5.83. The molecule has 0 aliphatic rings. The second kappa shape index (κ2) is 6.53. The molecular weight excluding hydrogens is 339 g/mol. The van der Waals surface area contributed by atoms with Crippen LogP contribution in [0.2, 0.25) is 5.02 Å². The van der Waals surface area contributed by atoms with Crippen molar-refractivity contribution >= 4 is 34.7 Å². The maximum Gasteiger partial charge on any atom is 0.416 e. The van der Waals surface area contributed by atoms with E-state index >= 15 is 0 Å². The van der Waals surface area contributed by atoms with Gasteiger partial charge in [-0.15, -0.1) is 11.3 Å². The van der Waals surface area contributed by atoms with E-state index in [0.29, 0.717) is 5.69 Å². The van der Waals surface area contributed by atoms with Gasteiger partial charge in [-0.25, -0.2) is 9.78 Å². The molecule has 0 aliphatic heterocycles. The molecule has 118 valence electrons. The van der Waals surface area contributed by atoms with Gasteiger partial charge in [-0.2, -0.15) is 13.2 Å². The van der Waals surface area contributed by atoms with Crippen molar-refractivity contribution < 1.29 is 18.0 Å². The van der Waals surface area contributed by atoms with Crippen LogP contribution in [0.4, 0.5) is 23.7 Å². The zero-order chi connectivity index (χ0) is 16.3. The predicted molar refractivity (Wildman–Crippen MR) is 79.2 cm³/mol. The normalized spacial score (nSPS) is 11.3. The molecule has 0 saturated heterocycles. The Kier molecular flexibility index (Phi) is 4.92. The number of thiazole rings is 1. The number of anilines is 1. The minimum absolute atomic E-state index is 0.0210. The van der Waals surface area contributed by atoms with Crippen molar-refractivity contribution in [2.75, 3.05) is 5.32 Å². The lowest BCUT2D eigenvalue weighted by atomic mass is 10.2. The van der Waals surface area contributed by atoms with Gasteiger partial charge in [-0.05, 0) is 25.1 Å². The van der Waals surface area contributed by atoms with Crippen LogP contribution in [0.3, 0.4) is 0 Å². The minimum Gasteiger partial charge on any atom is -0.332 e. The molecule has 0 unspecified atom stereocenters. The largest absolute Gasteiger partial charge is 0.416 e. The molecule has 4 nitrogen and oxygen atoms in total. The molecule has 0 radical (unpaired) electrons. The van der Waals surface area contributed by atoms with Gasteiger partial charge in [-0.1, -0.05) is 11.6 Å². The molecule has 1 heterocycles. The van der Waals surface area contributed by atoms with Crippen LogP contribution in [0.25, 0.3) is 0 Å². The number of hydrogen-bond donors (Lipinski definition) is 2. The zero-order valence-corrected chi connectivity index (χ0v) is 12.9. The first kappa shape index (κ1) is 16.6. The number of nitrogens with zero attached hydrogens (tertiary/aromatic N) is 1. The van der Waals surface area contributed by atoms with Crippen LogP contribution < -0.4 is 10.6 Å². The maximum absolute atomic E-state index is 12.6. The van der Waals surface area contributed by atoms with Crippen molar-refractivity contribution in [2.24, 2.45) is 0 Å². The summed E-state index contributed by atoms with van der Waals surface area (Å²) in [5.74, 6) is 0. The predicted octanol–water partition coefficient (Wildman–Crippen LogP) is 4.45. The molecule has 1 aromatic carbocycles. The fraction of sp³-hybridized carbons (Fsp3) is 0.231. The molecule has 0 fully saturated rings. The monoisotopic (exact) mass is 349 g/mol. The summed E-state index contributed by atoms with van der Waals surface area (Å²) in [5, 5.41) is 7.46. The third kappa shape index (κ3) is 4.35. The van der Waals surface area contributed by atoms with Crippen molar-refractivity contribution in [1.82, 2.24) is 10.3 Å². The van der Waals surface area contributed by atoms with Crippen LogP contribution in [-0.2, 0) is 12.7 Å². The standard InChI is InChI=1S/C13H11ClF3N3OS/c1-7-19-9(6-22-7)5-18-12(21)20-11-4-8(13(15,16)17)2-3-10(11)14/h2-4,6H,5H2,1H3,(H2,18,20,21). The second-order valence-electron chi connectivity index (χ2n) is 4.36. The number of alkyl halides is 3. The Bertz CT molecular complexity index is 687. The summed E-state index contributed by atoms with van der Waals surface area (Å²) < 4.78 is 37.9. The van der Waals surface area contributed by atoms with E-state index in [1.54, 1.807) is 5.38 Å². The number of amides is 2. The summed E-state index contributed by atoms with van der Waals surface area (Å²) >= 11 is 7.23. The molecule has 2 N–H and O–H groups in total. The van der Waals surface area contributed by atoms with Crippen LogP contribution in [0.1, 0.15) is 16.3 Å². The Labute approximate surface area is 133 Å². The Hall–Kier alpha value is -1.80. The Balaban J connectivity index is 2.01. The number of carbonyl (C=O) groups is 1. The van der Waals surface area contributed by atoms with Gasteiger partial charge >= 0.3 is 12.2 Å². The number of benzene rings is 1. The molecule has 2 amide bonds. The van der Waals surface area contributed by atoms with E-state index in [1.165, 1.54) is 11.3 Å². The SMILES string of the molecule is Cc1nc(CNC(=O)Nc2cc(C(F)(F)F)ccc2Cl)cs1. The summed E-state index contributed by atoms with van der Waals surface area (Å²) in [6, 6.07) is 2.06. The smallest absolute Gasteiger partial charge is 0.332 e. The fourth-order valence-corrected chi connectivity index (χ4v) is 2.40. The lowest BCUT2D eigenvalue weighted by Gasteiger charge is -2.12. The van der Waals surface area contributed by atoms with Gasteiger partial charge in [0, 0.05) is 5.38 Å². The van der Waals surface area contributed by atoms with Crippen molar-refractivity contribution in [3.63, 3.8) is 0 Å². The van der Waals surface area contributed by atoms with E-state index in [9.17, 15) is 18.0 Å². The quantitative estimate of drug-likeness (QED) is 0.860. The van der Waals surface area contributed by atoms with Gasteiger partial charge < -0.3 is 10.6 Å². The molecular formula is C13H11ClF3N3OS. The molecule has 9 heteroatoms. The molecule has 1 aromatic heterocycles. The molecule has 2 aromatic rings. The number of urea groups is 1. The highest BCUT2D eigenvalue weighted by atomic mass is 35.5. The van der Waals surface area contributed by atoms with Crippen LogP contribution in [0.5, 0.6) is 0 Å². The molecule has 2 rings (SSSR count). The Morgan fingerprint density at radius 1 is 1.41 bits per heavy atom. The zero-order valence-electron chi connectivity index (χ0n) is 11.3. The first-order valence-electron chi connectivity index (χ1n) is 6.08. The van der Waals surface area contributed by atoms with Crippen LogP contribution >= 0.6 is 22.9 Å². The molecule has 0 atom stereocenters. The van der Waals surface area contributed by atoms with E-state index in [0.717, 1.165) is 23.2 Å². The summed E-state index contributed by atoms with van der Waals surface area (Å²) in [4.78, 5) is 15.9. The van der Waals surface area contributed by atoms with Gasteiger partial charge in [-0.3, -0.25) is 0 Å². The summed E-state index contributed by atoms with van der Waals surface area (Å²) in [6.07, 6.45) is -4.50. The van der Waals surface area contributed by atoms with Gasteiger partial charge in [0.25, 0.3) is 0 Å². The van der Waals surface area contributed by atoms with Crippen molar-refractivity contribution in [1.29, 1.82) is 0 Å². The topological polar surface area (TPSA) is 54.0 Å². The first-order valence-corrected chi connectivity index (χ1v) is 7.34. The Morgan fingerprint density at radius 2 is 2.14 bits per heavy atom. The highest BCUT2D eigenvalue weighted by Gasteiger charge is 2.31. The summed E-state index contributed by atoms with van der Waals surface area (Å²) in [7, 11) is 0. The highest BCUT2D eigenvalue weighted by Crippen LogP contribution is 2.33. The van der Waals surface area contributed by atoms with E-state index in [2.05, 4.69) is 15.6 Å². The highest BCUT2D eigenvalue weighted by molar-refractivity contribution is 7.09. The number of aromatic nitrogens is 1. The van der Waals surface area contributed by atoms with Crippen LogP contribution in [0, 0.1) is 6.92 Å². The van der Waals surface area contributed by atoms with Gasteiger partial charge in [0.1, 0.15) is 0 Å². The fourth-order valence-electron chi connectivity index (χ4n) is 1.62. The third-order valence-corrected chi connectivity index (χ3v) is 3.79. The van der Waals surface area contributed by atoms with Crippen LogP contribution in [-0.4, -0.2) is 11.0 Å². The van der Waals surface area contributed by atoms with Gasteiger partial charge in [0.05, 0.1) is 33.5 Å². The average Bonchev–Trinajstić information content (AvgIpc) is 2.83. The minimum atomic E-state index is -4.50. The van der Waals surface area contributed by atoms with Crippen molar-refractivity contribution in [3.8, 4) is 0 Å². The number of aryl methyl sites for hydroxylation is 1. The van der Waals surface area contributed by atoms with Crippen molar-refractivity contribution in [3.05, 3.63) is 44.9 Å². The van der Waals surface area contributed by atoms with Crippen molar-refractivity contribution in [2.45, 2.75) is 19.6 Å². The van der Waals surface area contributed by atoms with E-state index in [-0.39, 0.29) is 17.3 Å².